The van der Waals surface area contributed by atoms with Gasteiger partial charge in [-0.1, -0.05) is 12.8 Å². The summed E-state index contributed by atoms with van der Waals surface area (Å²) < 4.78 is 1.21. The molecule has 0 aliphatic heterocycles. The highest BCUT2D eigenvalue weighted by Crippen LogP contribution is 2.17. The van der Waals surface area contributed by atoms with Crippen molar-refractivity contribution in [2.45, 2.75) is 45.2 Å². The van der Waals surface area contributed by atoms with Gasteiger partial charge in [0.05, 0.1) is 5.69 Å². The first-order chi connectivity index (χ1) is 8.15. The van der Waals surface area contributed by atoms with Gasteiger partial charge in [0.25, 0.3) is 5.56 Å². The third-order valence-electron chi connectivity index (χ3n) is 3.01. The largest absolute Gasteiger partial charge is 0.352 e. The molecule has 5 heteroatoms. The fraction of sp³-hybridized carbons (Fsp3) is 0.583. The highest BCUT2D eigenvalue weighted by Gasteiger charge is 2.17. The molecule has 1 aromatic rings. The molecule has 2 rings (SSSR count). The number of carbonyl (C=O) groups is 1. The van der Waals surface area contributed by atoms with Crippen LogP contribution in [0.25, 0.3) is 0 Å². The molecule has 0 bridgehead atoms. The third kappa shape index (κ3) is 3.15. The quantitative estimate of drug-likeness (QED) is 0.835. The predicted molar refractivity (Wildman–Crippen MR) is 63.6 cm³/mol. The van der Waals surface area contributed by atoms with Gasteiger partial charge in [-0.25, -0.2) is 4.68 Å². The van der Waals surface area contributed by atoms with Crippen LogP contribution in [0, 0.1) is 6.92 Å². The number of amides is 1. The highest BCUT2D eigenvalue weighted by molar-refractivity contribution is 5.75. The first-order valence-corrected chi connectivity index (χ1v) is 5.99. The van der Waals surface area contributed by atoms with Crippen molar-refractivity contribution in [3.05, 3.63) is 28.2 Å². The smallest absolute Gasteiger partial charge is 0.267 e. The van der Waals surface area contributed by atoms with E-state index in [-0.39, 0.29) is 24.1 Å². The molecule has 0 spiro atoms. The van der Waals surface area contributed by atoms with Gasteiger partial charge in [0.15, 0.2) is 0 Å². The Kier molecular flexibility index (Phi) is 3.56. The summed E-state index contributed by atoms with van der Waals surface area (Å²) in [6.45, 7) is 1.81. The molecule has 1 fully saturated rings. The maximum absolute atomic E-state index is 11.7. The van der Waals surface area contributed by atoms with Crippen LogP contribution in [0.5, 0.6) is 0 Å². The Balaban J connectivity index is 1.97. The second-order valence-electron chi connectivity index (χ2n) is 4.52. The van der Waals surface area contributed by atoms with Crippen molar-refractivity contribution in [1.29, 1.82) is 0 Å². The molecule has 1 amide bonds. The summed E-state index contributed by atoms with van der Waals surface area (Å²) in [5.74, 6) is -0.128. The molecule has 0 aromatic carbocycles. The Bertz CT molecular complexity index is 461. The average Bonchev–Trinajstić information content (AvgIpc) is 2.76. The van der Waals surface area contributed by atoms with Crippen molar-refractivity contribution in [3.8, 4) is 0 Å². The van der Waals surface area contributed by atoms with Gasteiger partial charge in [-0.15, -0.1) is 0 Å². The number of nitrogens with zero attached hydrogens (tertiary/aromatic N) is 2. The Hall–Kier alpha value is -1.65. The van der Waals surface area contributed by atoms with Gasteiger partial charge in [-0.3, -0.25) is 9.59 Å². The zero-order valence-electron chi connectivity index (χ0n) is 9.98. The molecule has 0 radical (unpaired) electrons. The summed E-state index contributed by atoms with van der Waals surface area (Å²) in [6.07, 6.45) is 4.44. The lowest BCUT2D eigenvalue weighted by atomic mass is 10.2. The molecule has 1 heterocycles. The number of hydrogen-bond acceptors (Lipinski definition) is 3. The van der Waals surface area contributed by atoms with Crippen LogP contribution >= 0.6 is 0 Å². The number of rotatable bonds is 3. The van der Waals surface area contributed by atoms with Crippen molar-refractivity contribution >= 4 is 5.91 Å². The standard InChI is InChI=1S/C12H17N3O2/c1-9-6-7-12(17)15(14-9)8-11(16)13-10-4-2-3-5-10/h6-7,10H,2-5,8H2,1H3,(H,13,16). The molecule has 5 nitrogen and oxygen atoms in total. The zero-order valence-corrected chi connectivity index (χ0v) is 9.98. The maximum atomic E-state index is 11.7. The minimum atomic E-state index is -0.239. The Morgan fingerprint density at radius 2 is 2.18 bits per heavy atom. The Labute approximate surface area is 99.8 Å². The second-order valence-corrected chi connectivity index (χ2v) is 4.52. The van der Waals surface area contributed by atoms with E-state index in [9.17, 15) is 9.59 Å². The number of aromatic nitrogens is 2. The van der Waals surface area contributed by atoms with Crippen LogP contribution in [-0.4, -0.2) is 21.7 Å². The summed E-state index contributed by atoms with van der Waals surface area (Å²) in [6, 6.07) is 3.36. The van der Waals surface area contributed by atoms with Crippen LogP contribution in [0.2, 0.25) is 0 Å². The minimum Gasteiger partial charge on any atom is -0.352 e. The molecule has 1 aliphatic rings. The molecular weight excluding hydrogens is 218 g/mol. The molecule has 1 aliphatic carbocycles. The monoisotopic (exact) mass is 235 g/mol. The van der Waals surface area contributed by atoms with E-state index in [2.05, 4.69) is 10.4 Å². The van der Waals surface area contributed by atoms with Crippen LogP contribution in [-0.2, 0) is 11.3 Å². The lowest BCUT2D eigenvalue weighted by molar-refractivity contribution is -0.122. The molecule has 0 unspecified atom stereocenters. The van der Waals surface area contributed by atoms with Gasteiger partial charge in [0, 0.05) is 12.1 Å². The minimum absolute atomic E-state index is 0.0109. The fourth-order valence-electron chi connectivity index (χ4n) is 2.14. The van der Waals surface area contributed by atoms with Crippen LogP contribution in [0.1, 0.15) is 31.4 Å². The number of carbonyl (C=O) groups excluding carboxylic acids is 1. The van der Waals surface area contributed by atoms with Gasteiger partial charge in [-0.05, 0) is 25.8 Å². The summed E-state index contributed by atoms with van der Waals surface area (Å²) in [4.78, 5) is 23.2. The van der Waals surface area contributed by atoms with Gasteiger partial charge in [0.1, 0.15) is 6.54 Å². The number of aryl methyl sites for hydroxylation is 1. The van der Waals surface area contributed by atoms with Crippen LogP contribution in [0.3, 0.4) is 0 Å². The van der Waals surface area contributed by atoms with Crippen molar-refractivity contribution < 1.29 is 4.79 Å². The van der Waals surface area contributed by atoms with E-state index < -0.39 is 0 Å². The van der Waals surface area contributed by atoms with Crippen molar-refractivity contribution in [3.63, 3.8) is 0 Å². The van der Waals surface area contributed by atoms with Gasteiger partial charge >= 0.3 is 0 Å². The van der Waals surface area contributed by atoms with Crippen LogP contribution in [0.4, 0.5) is 0 Å². The van der Waals surface area contributed by atoms with Crippen molar-refractivity contribution in [2.24, 2.45) is 0 Å². The normalized spacial score (nSPS) is 16.1. The van der Waals surface area contributed by atoms with E-state index in [1.165, 1.54) is 23.6 Å². The van der Waals surface area contributed by atoms with E-state index in [1.807, 2.05) is 0 Å². The summed E-state index contributed by atoms with van der Waals surface area (Å²) >= 11 is 0. The summed E-state index contributed by atoms with van der Waals surface area (Å²) in [7, 11) is 0. The summed E-state index contributed by atoms with van der Waals surface area (Å²) in [5, 5.41) is 6.97. The van der Waals surface area contributed by atoms with Gasteiger partial charge < -0.3 is 5.32 Å². The lowest BCUT2D eigenvalue weighted by Crippen LogP contribution is -2.38. The van der Waals surface area contributed by atoms with E-state index in [0.29, 0.717) is 0 Å². The van der Waals surface area contributed by atoms with Crippen LogP contribution < -0.4 is 10.9 Å². The first kappa shape index (κ1) is 11.8. The predicted octanol–water partition coefficient (Wildman–Crippen LogP) is 0.611. The SMILES string of the molecule is Cc1ccc(=O)n(CC(=O)NC2CCCC2)n1. The van der Waals surface area contributed by atoms with E-state index in [4.69, 9.17) is 0 Å². The maximum Gasteiger partial charge on any atom is 0.267 e. The molecule has 92 valence electrons. The van der Waals surface area contributed by atoms with E-state index in [1.54, 1.807) is 13.0 Å². The van der Waals surface area contributed by atoms with E-state index >= 15 is 0 Å². The Morgan fingerprint density at radius 3 is 2.88 bits per heavy atom. The number of hydrogen-bond donors (Lipinski definition) is 1. The zero-order chi connectivity index (χ0) is 12.3. The first-order valence-electron chi connectivity index (χ1n) is 5.99. The molecule has 1 saturated carbocycles. The topological polar surface area (TPSA) is 64.0 Å². The molecule has 17 heavy (non-hydrogen) atoms. The molecule has 1 N–H and O–H groups in total. The van der Waals surface area contributed by atoms with Gasteiger partial charge in [0.2, 0.25) is 5.91 Å². The van der Waals surface area contributed by atoms with Crippen molar-refractivity contribution in [1.82, 2.24) is 15.1 Å². The highest BCUT2D eigenvalue weighted by atomic mass is 16.2. The van der Waals surface area contributed by atoms with Gasteiger partial charge in [-0.2, -0.15) is 5.10 Å². The average molecular weight is 235 g/mol. The van der Waals surface area contributed by atoms with E-state index in [0.717, 1.165) is 18.5 Å². The molecule has 0 saturated heterocycles. The molecule has 0 atom stereocenters. The molecular formula is C12H17N3O2. The lowest BCUT2D eigenvalue weighted by Gasteiger charge is -2.12. The fourth-order valence-corrected chi connectivity index (χ4v) is 2.14. The van der Waals surface area contributed by atoms with Crippen molar-refractivity contribution in [2.75, 3.05) is 0 Å². The van der Waals surface area contributed by atoms with Crippen LogP contribution in [0.15, 0.2) is 16.9 Å². The Morgan fingerprint density at radius 1 is 1.47 bits per heavy atom. The molecule has 1 aromatic heterocycles. The number of nitrogens with one attached hydrogen (secondary N) is 1. The summed E-state index contributed by atoms with van der Waals surface area (Å²) in [5.41, 5.74) is 0.496. The second kappa shape index (κ2) is 5.12. The third-order valence-corrected chi connectivity index (χ3v) is 3.01.